The van der Waals surface area contributed by atoms with Crippen LogP contribution in [0.1, 0.15) is 28.7 Å². The number of amides is 1. The first-order chi connectivity index (χ1) is 13.9. The van der Waals surface area contributed by atoms with Crippen molar-refractivity contribution in [2.45, 2.75) is 19.2 Å². The molecule has 0 spiro atoms. The quantitative estimate of drug-likeness (QED) is 0.551. The van der Waals surface area contributed by atoms with Crippen LogP contribution in [0, 0.1) is 0 Å². The number of H-pyrrole nitrogens is 1. The number of methoxy groups -OCH3 is 1. The Morgan fingerprint density at radius 3 is 2.83 bits per heavy atom. The molecule has 7 nitrogen and oxygen atoms in total. The van der Waals surface area contributed by atoms with Gasteiger partial charge in [-0.15, -0.1) is 23.1 Å². The van der Waals surface area contributed by atoms with E-state index >= 15 is 0 Å². The smallest absolute Gasteiger partial charge is 0.268 e. The SMILES string of the molecule is COc1ccc(C(C)=O)cc1CSCC(=O)N(C)Cc1nc2ccsc2c(=O)[nH]1. The number of fused-ring (bicyclic) bond motifs is 1. The van der Waals surface area contributed by atoms with Crippen LogP contribution in [0.5, 0.6) is 5.75 Å². The van der Waals surface area contributed by atoms with Gasteiger partial charge in [0, 0.05) is 23.9 Å². The van der Waals surface area contributed by atoms with Crippen molar-refractivity contribution in [1.29, 1.82) is 0 Å². The van der Waals surface area contributed by atoms with E-state index in [4.69, 9.17) is 4.74 Å². The molecule has 152 valence electrons. The third-order valence-corrected chi connectivity index (χ3v) is 6.22. The van der Waals surface area contributed by atoms with Crippen LogP contribution in [-0.2, 0) is 17.1 Å². The first-order valence-electron chi connectivity index (χ1n) is 8.85. The van der Waals surface area contributed by atoms with Crippen molar-refractivity contribution < 1.29 is 14.3 Å². The summed E-state index contributed by atoms with van der Waals surface area (Å²) in [6, 6.07) is 7.08. The van der Waals surface area contributed by atoms with Gasteiger partial charge in [0.2, 0.25) is 5.91 Å². The third-order valence-electron chi connectivity index (χ3n) is 4.35. The Balaban J connectivity index is 1.59. The Labute approximate surface area is 176 Å². The molecule has 2 aromatic heterocycles. The number of thiophene rings is 1. The van der Waals surface area contributed by atoms with E-state index in [-0.39, 0.29) is 29.5 Å². The van der Waals surface area contributed by atoms with Gasteiger partial charge in [0.05, 0.1) is 24.9 Å². The highest BCUT2D eigenvalue weighted by Crippen LogP contribution is 2.25. The van der Waals surface area contributed by atoms with Gasteiger partial charge in [-0.3, -0.25) is 14.4 Å². The minimum Gasteiger partial charge on any atom is -0.496 e. The van der Waals surface area contributed by atoms with E-state index in [2.05, 4.69) is 9.97 Å². The number of hydrogen-bond donors (Lipinski definition) is 1. The van der Waals surface area contributed by atoms with Crippen LogP contribution in [0.2, 0.25) is 0 Å². The Morgan fingerprint density at radius 1 is 1.31 bits per heavy atom. The zero-order chi connectivity index (χ0) is 21.0. The van der Waals surface area contributed by atoms with Crippen molar-refractivity contribution in [3.8, 4) is 5.75 Å². The summed E-state index contributed by atoms with van der Waals surface area (Å²) in [5, 5.41) is 1.82. The number of aromatic nitrogens is 2. The van der Waals surface area contributed by atoms with E-state index in [1.165, 1.54) is 34.9 Å². The van der Waals surface area contributed by atoms with E-state index in [1.807, 2.05) is 5.38 Å². The summed E-state index contributed by atoms with van der Waals surface area (Å²) in [7, 11) is 3.26. The van der Waals surface area contributed by atoms with Crippen molar-refractivity contribution >= 4 is 45.0 Å². The lowest BCUT2D eigenvalue weighted by atomic mass is 10.1. The number of rotatable bonds is 8. The van der Waals surface area contributed by atoms with Gasteiger partial charge in [0.15, 0.2) is 5.78 Å². The van der Waals surface area contributed by atoms with Gasteiger partial charge in [0.1, 0.15) is 16.3 Å². The first-order valence-corrected chi connectivity index (χ1v) is 10.9. The molecule has 3 rings (SSSR count). The van der Waals surface area contributed by atoms with Crippen LogP contribution in [0.25, 0.3) is 10.2 Å². The fourth-order valence-corrected chi connectivity index (χ4v) is 4.45. The maximum absolute atomic E-state index is 12.5. The molecule has 0 bridgehead atoms. The minimum atomic E-state index is -0.187. The number of Topliss-reactive ketones (excluding diaryl/α,β-unsaturated/α-hetero) is 1. The van der Waals surface area contributed by atoms with E-state index in [0.29, 0.717) is 33.1 Å². The molecule has 2 heterocycles. The molecular weight excluding hydrogens is 410 g/mol. The number of benzene rings is 1. The summed E-state index contributed by atoms with van der Waals surface area (Å²) in [6.07, 6.45) is 0. The lowest BCUT2D eigenvalue weighted by molar-refractivity contribution is -0.127. The Morgan fingerprint density at radius 2 is 2.10 bits per heavy atom. The average Bonchev–Trinajstić information content (AvgIpc) is 3.16. The van der Waals surface area contributed by atoms with Crippen LogP contribution in [0.15, 0.2) is 34.4 Å². The highest BCUT2D eigenvalue weighted by molar-refractivity contribution is 7.99. The molecule has 0 fully saturated rings. The topological polar surface area (TPSA) is 92.4 Å². The van der Waals surface area contributed by atoms with Crippen molar-refractivity contribution in [3.63, 3.8) is 0 Å². The van der Waals surface area contributed by atoms with E-state index in [9.17, 15) is 14.4 Å². The molecule has 0 atom stereocenters. The second-order valence-electron chi connectivity index (χ2n) is 6.47. The number of carbonyl (C=O) groups excluding carboxylic acids is 2. The number of hydrogen-bond acceptors (Lipinski definition) is 7. The molecule has 9 heteroatoms. The summed E-state index contributed by atoms with van der Waals surface area (Å²) in [6.45, 7) is 1.74. The number of thioether (sulfide) groups is 1. The summed E-state index contributed by atoms with van der Waals surface area (Å²) in [5.74, 6) is 1.85. The number of nitrogens with one attached hydrogen (secondary N) is 1. The van der Waals surface area contributed by atoms with Gasteiger partial charge in [-0.25, -0.2) is 4.98 Å². The van der Waals surface area contributed by atoms with Crippen molar-refractivity contribution in [3.05, 3.63) is 57.0 Å². The maximum Gasteiger partial charge on any atom is 0.268 e. The number of aromatic amines is 1. The van der Waals surface area contributed by atoms with E-state index in [0.717, 1.165) is 5.56 Å². The molecule has 0 aliphatic rings. The molecule has 3 aromatic rings. The summed E-state index contributed by atoms with van der Waals surface area (Å²) in [5.41, 5.74) is 1.94. The van der Waals surface area contributed by atoms with Crippen molar-refractivity contribution in [2.75, 3.05) is 19.9 Å². The number of nitrogens with zero attached hydrogens (tertiary/aromatic N) is 2. The second kappa shape index (κ2) is 9.23. The highest BCUT2D eigenvalue weighted by atomic mass is 32.2. The molecule has 0 unspecified atom stereocenters. The van der Waals surface area contributed by atoms with Crippen molar-refractivity contribution in [1.82, 2.24) is 14.9 Å². The number of ketones is 1. The molecule has 1 amide bonds. The number of carbonyl (C=O) groups is 2. The molecule has 29 heavy (non-hydrogen) atoms. The molecule has 0 saturated heterocycles. The predicted molar refractivity (Wildman–Crippen MR) is 116 cm³/mol. The Hall–Kier alpha value is -2.65. The van der Waals surface area contributed by atoms with Gasteiger partial charge in [-0.2, -0.15) is 0 Å². The fourth-order valence-electron chi connectivity index (χ4n) is 2.78. The predicted octanol–water partition coefficient (Wildman–Crippen LogP) is 3.09. The number of ether oxygens (including phenoxy) is 1. The summed E-state index contributed by atoms with van der Waals surface area (Å²) >= 11 is 2.78. The standard InChI is InChI=1S/C20H21N3O4S2/c1-12(24)13-4-5-16(27-3)14(8-13)10-28-11-18(25)23(2)9-17-21-15-6-7-29-19(15)20(26)22-17/h4-8H,9-11H2,1-3H3,(H,21,22,26). The second-order valence-corrected chi connectivity index (χ2v) is 8.37. The summed E-state index contributed by atoms with van der Waals surface area (Å²) < 4.78 is 5.93. The highest BCUT2D eigenvalue weighted by Gasteiger charge is 2.14. The average molecular weight is 432 g/mol. The lowest BCUT2D eigenvalue weighted by Crippen LogP contribution is -2.29. The minimum absolute atomic E-state index is 0.0150. The van der Waals surface area contributed by atoms with Gasteiger partial charge < -0.3 is 14.6 Å². The molecule has 0 saturated carbocycles. The molecular formula is C20H21N3O4S2. The first kappa shape index (κ1) is 21.1. The van der Waals surface area contributed by atoms with Crippen LogP contribution < -0.4 is 10.3 Å². The van der Waals surface area contributed by atoms with Gasteiger partial charge in [-0.05, 0) is 36.6 Å². The van der Waals surface area contributed by atoms with Gasteiger partial charge >= 0.3 is 0 Å². The Kier molecular flexibility index (Phi) is 6.71. The molecule has 0 aliphatic carbocycles. The van der Waals surface area contributed by atoms with Crippen molar-refractivity contribution in [2.24, 2.45) is 0 Å². The monoisotopic (exact) mass is 431 g/mol. The zero-order valence-corrected chi connectivity index (χ0v) is 18.0. The van der Waals surface area contributed by atoms with Crippen LogP contribution in [-0.4, -0.2) is 46.5 Å². The van der Waals surface area contributed by atoms with Crippen LogP contribution >= 0.6 is 23.1 Å². The normalized spacial score (nSPS) is 10.9. The maximum atomic E-state index is 12.5. The van der Waals surface area contributed by atoms with Crippen LogP contribution in [0.4, 0.5) is 0 Å². The Bertz CT molecular complexity index is 1110. The molecule has 0 radical (unpaired) electrons. The molecule has 0 aliphatic heterocycles. The summed E-state index contributed by atoms with van der Waals surface area (Å²) in [4.78, 5) is 44.8. The van der Waals surface area contributed by atoms with E-state index < -0.39 is 0 Å². The largest absolute Gasteiger partial charge is 0.496 e. The zero-order valence-electron chi connectivity index (χ0n) is 16.4. The third kappa shape index (κ3) is 5.04. The van der Waals surface area contributed by atoms with Crippen LogP contribution in [0.3, 0.4) is 0 Å². The van der Waals surface area contributed by atoms with Gasteiger partial charge in [-0.1, -0.05) is 0 Å². The fraction of sp³-hybridized carbons (Fsp3) is 0.300. The molecule has 1 aromatic carbocycles. The molecule has 1 N–H and O–H groups in total. The van der Waals surface area contributed by atoms with E-state index in [1.54, 1.807) is 38.4 Å². The van der Waals surface area contributed by atoms with Gasteiger partial charge in [0.25, 0.3) is 5.56 Å². The lowest BCUT2D eigenvalue weighted by Gasteiger charge is -2.16.